The van der Waals surface area contributed by atoms with Crippen LogP contribution < -0.4 is 0 Å². The molecule has 0 bridgehead atoms. The van der Waals surface area contributed by atoms with Gasteiger partial charge >= 0.3 is 0 Å². The molecule has 0 saturated heterocycles. The van der Waals surface area contributed by atoms with Gasteiger partial charge in [0.15, 0.2) is 0 Å². The van der Waals surface area contributed by atoms with Crippen LogP contribution in [0, 0.1) is 27.7 Å². The standard InChI is InChI=1S/C19H22N2OS/c1-13-8-14(2)18(15(3)9-13)12-23(22)11-17-10-21-16(4)6-5-7-19(21)20-17/h5-10H,11-12H2,1-4H3/t23-/m1/s1. The Hall–Kier alpha value is -1.94. The van der Waals surface area contributed by atoms with Crippen molar-refractivity contribution in [3.8, 4) is 0 Å². The molecule has 0 unspecified atom stereocenters. The molecule has 0 fully saturated rings. The van der Waals surface area contributed by atoms with Crippen LogP contribution in [0.4, 0.5) is 0 Å². The largest absolute Gasteiger partial charge is 0.304 e. The van der Waals surface area contributed by atoms with Gasteiger partial charge < -0.3 is 4.40 Å². The minimum absolute atomic E-state index is 0.494. The summed E-state index contributed by atoms with van der Waals surface area (Å²) in [5, 5.41) is 0. The molecular formula is C19H22N2OS. The average molecular weight is 326 g/mol. The number of benzene rings is 1. The summed E-state index contributed by atoms with van der Waals surface area (Å²) in [7, 11) is -0.958. The molecule has 2 aromatic heterocycles. The highest BCUT2D eigenvalue weighted by Gasteiger charge is 2.11. The van der Waals surface area contributed by atoms with Gasteiger partial charge in [-0.15, -0.1) is 0 Å². The Bertz CT molecular complexity index is 873. The fourth-order valence-corrected chi connectivity index (χ4v) is 4.43. The molecule has 120 valence electrons. The van der Waals surface area contributed by atoms with Crippen molar-refractivity contribution in [1.29, 1.82) is 0 Å². The highest BCUT2D eigenvalue weighted by Crippen LogP contribution is 2.19. The van der Waals surface area contributed by atoms with E-state index in [4.69, 9.17) is 0 Å². The Kier molecular flexibility index (Phi) is 4.35. The number of imidazole rings is 1. The quantitative estimate of drug-likeness (QED) is 0.726. The van der Waals surface area contributed by atoms with E-state index in [0.29, 0.717) is 11.5 Å². The molecule has 3 aromatic rings. The highest BCUT2D eigenvalue weighted by molar-refractivity contribution is 7.83. The second-order valence-corrected chi connectivity index (χ2v) is 7.69. The first-order chi connectivity index (χ1) is 10.9. The van der Waals surface area contributed by atoms with Crippen molar-refractivity contribution in [1.82, 2.24) is 9.38 Å². The Morgan fingerprint density at radius 3 is 2.39 bits per heavy atom. The number of nitrogens with zero attached hydrogens (tertiary/aromatic N) is 2. The van der Waals surface area contributed by atoms with E-state index < -0.39 is 10.8 Å². The first-order valence-electron chi connectivity index (χ1n) is 7.79. The third-order valence-electron chi connectivity index (χ3n) is 4.20. The average Bonchev–Trinajstić information content (AvgIpc) is 2.86. The van der Waals surface area contributed by atoms with Crippen molar-refractivity contribution in [3.63, 3.8) is 0 Å². The van der Waals surface area contributed by atoms with E-state index in [-0.39, 0.29) is 0 Å². The van der Waals surface area contributed by atoms with Gasteiger partial charge in [0.2, 0.25) is 0 Å². The zero-order valence-corrected chi connectivity index (χ0v) is 14.9. The number of aryl methyl sites for hydroxylation is 4. The second kappa shape index (κ2) is 6.28. The van der Waals surface area contributed by atoms with E-state index in [0.717, 1.165) is 17.0 Å². The van der Waals surface area contributed by atoms with Gasteiger partial charge in [0.05, 0.1) is 11.4 Å². The van der Waals surface area contributed by atoms with Gasteiger partial charge in [0, 0.05) is 28.4 Å². The minimum Gasteiger partial charge on any atom is -0.304 e. The van der Waals surface area contributed by atoms with Crippen LogP contribution in [0.3, 0.4) is 0 Å². The summed E-state index contributed by atoms with van der Waals surface area (Å²) in [4.78, 5) is 4.58. The predicted molar refractivity (Wildman–Crippen MR) is 96.1 cm³/mol. The zero-order valence-electron chi connectivity index (χ0n) is 14.1. The maximum Gasteiger partial charge on any atom is 0.137 e. The third-order valence-corrected chi connectivity index (χ3v) is 5.43. The third kappa shape index (κ3) is 3.37. The van der Waals surface area contributed by atoms with Gasteiger partial charge in [-0.1, -0.05) is 23.8 Å². The summed E-state index contributed by atoms with van der Waals surface area (Å²) in [6, 6.07) is 10.3. The van der Waals surface area contributed by atoms with Crippen LogP contribution in [0.25, 0.3) is 5.65 Å². The molecule has 0 aliphatic rings. The molecule has 0 aliphatic heterocycles. The van der Waals surface area contributed by atoms with Crippen LogP contribution in [0.1, 0.15) is 33.6 Å². The summed E-state index contributed by atoms with van der Waals surface area (Å²) in [5.74, 6) is 1.08. The number of hydrogen-bond donors (Lipinski definition) is 0. The van der Waals surface area contributed by atoms with E-state index in [2.05, 4.69) is 55.3 Å². The van der Waals surface area contributed by atoms with Crippen molar-refractivity contribution in [3.05, 3.63) is 70.2 Å². The summed E-state index contributed by atoms with van der Waals surface area (Å²) in [5.41, 5.74) is 7.85. The minimum atomic E-state index is -0.958. The van der Waals surface area contributed by atoms with Crippen molar-refractivity contribution >= 4 is 16.4 Å². The van der Waals surface area contributed by atoms with E-state index in [9.17, 15) is 4.21 Å². The Morgan fingerprint density at radius 1 is 1.04 bits per heavy atom. The summed E-state index contributed by atoms with van der Waals surface area (Å²) in [6.07, 6.45) is 2.00. The molecule has 4 heteroatoms. The van der Waals surface area contributed by atoms with Crippen LogP contribution >= 0.6 is 0 Å². The summed E-state index contributed by atoms with van der Waals surface area (Å²) < 4.78 is 14.6. The van der Waals surface area contributed by atoms with E-state index in [1.165, 1.54) is 22.3 Å². The van der Waals surface area contributed by atoms with Gasteiger partial charge in [-0.25, -0.2) is 4.98 Å². The molecule has 0 spiro atoms. The molecule has 0 N–H and O–H groups in total. The molecule has 3 nitrogen and oxygen atoms in total. The maximum atomic E-state index is 12.6. The summed E-state index contributed by atoms with van der Waals surface area (Å²) in [6.45, 7) is 8.34. The summed E-state index contributed by atoms with van der Waals surface area (Å²) >= 11 is 0. The lowest BCUT2D eigenvalue weighted by Gasteiger charge is -2.10. The molecule has 0 aliphatic carbocycles. The molecule has 3 rings (SSSR count). The van der Waals surface area contributed by atoms with Gasteiger partial charge in [0.25, 0.3) is 0 Å². The molecule has 0 radical (unpaired) electrons. The lowest BCUT2D eigenvalue weighted by Crippen LogP contribution is -2.03. The lowest BCUT2D eigenvalue weighted by molar-refractivity contribution is 0.681. The first kappa shape index (κ1) is 15.9. The Balaban J connectivity index is 1.80. The fraction of sp³-hybridized carbons (Fsp3) is 0.316. The van der Waals surface area contributed by atoms with E-state index in [1.54, 1.807) is 0 Å². The Morgan fingerprint density at radius 2 is 1.74 bits per heavy atom. The highest BCUT2D eigenvalue weighted by atomic mass is 32.2. The fourth-order valence-electron chi connectivity index (χ4n) is 3.08. The van der Waals surface area contributed by atoms with Crippen molar-refractivity contribution in [2.24, 2.45) is 0 Å². The maximum absolute atomic E-state index is 12.6. The SMILES string of the molecule is Cc1cc(C)c(C[S@](=O)Cc2cn3c(C)cccc3n2)c(C)c1. The van der Waals surface area contributed by atoms with Gasteiger partial charge in [-0.3, -0.25) is 4.21 Å². The molecule has 1 atom stereocenters. The normalized spacial score (nSPS) is 12.7. The van der Waals surface area contributed by atoms with Gasteiger partial charge in [0.1, 0.15) is 5.65 Å². The predicted octanol–water partition coefficient (Wildman–Crippen LogP) is 4.02. The molecule has 1 aromatic carbocycles. The van der Waals surface area contributed by atoms with Gasteiger partial charge in [-0.05, 0) is 56.5 Å². The Labute approximate surface area is 139 Å². The lowest BCUT2D eigenvalue weighted by atomic mass is 10.0. The van der Waals surface area contributed by atoms with E-state index >= 15 is 0 Å². The molecule has 23 heavy (non-hydrogen) atoms. The van der Waals surface area contributed by atoms with Crippen molar-refractivity contribution in [2.45, 2.75) is 39.2 Å². The van der Waals surface area contributed by atoms with E-state index in [1.807, 2.05) is 18.3 Å². The molecule has 2 heterocycles. The number of aromatic nitrogens is 2. The number of fused-ring (bicyclic) bond motifs is 1. The van der Waals surface area contributed by atoms with Crippen molar-refractivity contribution < 1.29 is 4.21 Å². The van der Waals surface area contributed by atoms with Crippen LogP contribution in [0.15, 0.2) is 36.5 Å². The molecule has 0 amide bonds. The second-order valence-electron chi connectivity index (χ2n) is 6.23. The molecule has 0 saturated carbocycles. The van der Waals surface area contributed by atoms with Crippen molar-refractivity contribution in [2.75, 3.05) is 0 Å². The number of pyridine rings is 1. The zero-order chi connectivity index (χ0) is 16.6. The smallest absolute Gasteiger partial charge is 0.137 e. The number of hydrogen-bond acceptors (Lipinski definition) is 2. The topological polar surface area (TPSA) is 34.4 Å². The van der Waals surface area contributed by atoms with Gasteiger partial charge in [-0.2, -0.15) is 0 Å². The van der Waals surface area contributed by atoms with Crippen LogP contribution in [-0.2, 0) is 22.3 Å². The first-order valence-corrected chi connectivity index (χ1v) is 9.28. The van der Waals surface area contributed by atoms with Crippen LogP contribution in [0.5, 0.6) is 0 Å². The monoisotopic (exact) mass is 326 g/mol. The van der Waals surface area contributed by atoms with Crippen LogP contribution in [0.2, 0.25) is 0 Å². The number of rotatable bonds is 4. The van der Waals surface area contributed by atoms with Crippen LogP contribution in [-0.4, -0.2) is 13.6 Å². The molecular weight excluding hydrogens is 304 g/mol.